The normalized spacial score (nSPS) is 42.7. The highest BCUT2D eigenvalue weighted by Gasteiger charge is 2.51. The lowest BCUT2D eigenvalue weighted by Gasteiger charge is -2.09. The van der Waals surface area contributed by atoms with Crippen LogP contribution in [0.5, 0.6) is 0 Å². The molecule has 0 aromatic carbocycles. The summed E-state index contributed by atoms with van der Waals surface area (Å²) >= 11 is 0. The van der Waals surface area contributed by atoms with Gasteiger partial charge in [0.25, 0.3) is 0 Å². The minimum atomic E-state index is -0.193. The van der Waals surface area contributed by atoms with Crippen LogP contribution >= 0.6 is 0 Å². The molecule has 0 spiro atoms. The third-order valence-corrected chi connectivity index (χ3v) is 2.04. The first-order chi connectivity index (χ1) is 4.77. The first kappa shape index (κ1) is 6.16. The van der Waals surface area contributed by atoms with E-state index in [2.05, 4.69) is 0 Å². The first-order valence-electron chi connectivity index (χ1n) is 3.60. The molecule has 0 N–H and O–H groups in total. The highest BCUT2D eigenvalue weighted by Crippen LogP contribution is 2.40. The van der Waals surface area contributed by atoms with E-state index < -0.39 is 0 Å². The second-order valence-corrected chi connectivity index (χ2v) is 2.86. The number of hydrogen-bond donors (Lipinski definition) is 0. The van der Waals surface area contributed by atoms with Crippen LogP contribution in [-0.2, 0) is 14.3 Å². The van der Waals surface area contributed by atoms with Gasteiger partial charge in [0.15, 0.2) is 0 Å². The van der Waals surface area contributed by atoms with Crippen LogP contribution in [-0.4, -0.2) is 24.3 Å². The van der Waals surface area contributed by atoms with Gasteiger partial charge in [0, 0.05) is 6.92 Å². The molecule has 3 heteroatoms. The van der Waals surface area contributed by atoms with Crippen molar-refractivity contribution in [3.8, 4) is 0 Å². The fourth-order valence-electron chi connectivity index (χ4n) is 1.55. The number of ether oxygens (including phenoxy) is 2. The topological polar surface area (TPSA) is 38.8 Å². The second-order valence-electron chi connectivity index (χ2n) is 2.86. The van der Waals surface area contributed by atoms with E-state index >= 15 is 0 Å². The summed E-state index contributed by atoms with van der Waals surface area (Å²) in [6, 6.07) is 0. The fourth-order valence-corrected chi connectivity index (χ4v) is 1.55. The van der Waals surface area contributed by atoms with Crippen LogP contribution in [0.25, 0.3) is 0 Å². The molecule has 1 aliphatic carbocycles. The molecule has 2 rings (SSSR count). The van der Waals surface area contributed by atoms with E-state index in [9.17, 15) is 4.79 Å². The minimum Gasteiger partial charge on any atom is -0.460 e. The van der Waals surface area contributed by atoms with Crippen LogP contribution in [0.2, 0.25) is 0 Å². The monoisotopic (exact) mass is 142 g/mol. The maximum absolute atomic E-state index is 10.5. The van der Waals surface area contributed by atoms with Gasteiger partial charge in [0.2, 0.25) is 0 Å². The summed E-state index contributed by atoms with van der Waals surface area (Å²) in [5.41, 5.74) is 0. The maximum Gasteiger partial charge on any atom is 0.302 e. The molecular formula is C7H10O3. The van der Waals surface area contributed by atoms with Crippen molar-refractivity contribution < 1.29 is 14.3 Å². The van der Waals surface area contributed by atoms with Gasteiger partial charge in [0.1, 0.15) is 12.2 Å². The minimum absolute atomic E-state index is 0.0579. The van der Waals surface area contributed by atoms with E-state index in [0.29, 0.717) is 6.10 Å². The molecule has 0 amide bonds. The quantitative estimate of drug-likeness (QED) is 0.395. The Labute approximate surface area is 59.3 Å². The Morgan fingerprint density at radius 2 is 2.40 bits per heavy atom. The molecule has 1 heterocycles. The van der Waals surface area contributed by atoms with Gasteiger partial charge in [0.05, 0.1) is 6.10 Å². The van der Waals surface area contributed by atoms with Gasteiger partial charge < -0.3 is 9.47 Å². The average molecular weight is 142 g/mol. The number of carbonyl (C=O) groups excluding carboxylic acids is 1. The van der Waals surface area contributed by atoms with Crippen molar-refractivity contribution >= 4 is 5.97 Å². The second kappa shape index (κ2) is 1.95. The number of carbonyl (C=O) groups is 1. The zero-order chi connectivity index (χ0) is 7.14. The van der Waals surface area contributed by atoms with Crippen molar-refractivity contribution in [1.29, 1.82) is 0 Å². The van der Waals surface area contributed by atoms with Gasteiger partial charge >= 0.3 is 5.97 Å². The Hall–Kier alpha value is -0.570. The summed E-state index contributed by atoms with van der Waals surface area (Å²) in [5, 5.41) is 0. The number of rotatable bonds is 1. The van der Waals surface area contributed by atoms with Gasteiger partial charge in [-0.15, -0.1) is 0 Å². The standard InChI is InChI=1S/C7H10O3/c1-4(8)9-5-2-3-6-7(5)10-6/h5-7H,2-3H2,1H3/t5-,6-,7+/m1/s1. The van der Waals surface area contributed by atoms with Gasteiger partial charge in [-0.25, -0.2) is 0 Å². The SMILES string of the molecule is CC(=O)O[C@@H]1CC[C@H]2O[C@@H]12. The Bertz CT molecular complexity index is 166. The van der Waals surface area contributed by atoms with Crippen LogP contribution < -0.4 is 0 Å². The van der Waals surface area contributed by atoms with Gasteiger partial charge in [-0.1, -0.05) is 0 Å². The molecule has 0 aromatic heterocycles. The molecule has 0 radical (unpaired) electrons. The number of esters is 1. The summed E-state index contributed by atoms with van der Waals surface area (Å²) < 4.78 is 10.2. The lowest BCUT2D eigenvalue weighted by Crippen LogP contribution is -2.18. The van der Waals surface area contributed by atoms with Crippen molar-refractivity contribution in [3.63, 3.8) is 0 Å². The maximum atomic E-state index is 10.5. The van der Waals surface area contributed by atoms with E-state index in [1.54, 1.807) is 0 Å². The summed E-state index contributed by atoms with van der Waals surface area (Å²) in [4.78, 5) is 10.5. The van der Waals surface area contributed by atoms with Crippen molar-refractivity contribution in [2.24, 2.45) is 0 Å². The van der Waals surface area contributed by atoms with Crippen molar-refractivity contribution in [1.82, 2.24) is 0 Å². The number of fused-ring (bicyclic) bond motifs is 1. The van der Waals surface area contributed by atoms with Crippen LogP contribution in [0.3, 0.4) is 0 Å². The molecule has 56 valence electrons. The largest absolute Gasteiger partial charge is 0.460 e. The summed E-state index contributed by atoms with van der Waals surface area (Å²) in [5.74, 6) is -0.193. The molecule has 1 aliphatic heterocycles. The molecule has 2 aliphatic rings. The summed E-state index contributed by atoms with van der Waals surface area (Å²) in [6.45, 7) is 1.44. The van der Waals surface area contributed by atoms with Crippen LogP contribution in [0, 0.1) is 0 Å². The van der Waals surface area contributed by atoms with Crippen molar-refractivity contribution in [2.45, 2.75) is 38.1 Å². The first-order valence-corrected chi connectivity index (χ1v) is 3.60. The molecular weight excluding hydrogens is 132 g/mol. The molecule has 10 heavy (non-hydrogen) atoms. The number of epoxide rings is 1. The summed E-state index contributed by atoms with van der Waals surface area (Å²) in [6.07, 6.45) is 2.74. The predicted molar refractivity (Wildman–Crippen MR) is 33.4 cm³/mol. The molecule has 3 nitrogen and oxygen atoms in total. The van der Waals surface area contributed by atoms with Crippen molar-refractivity contribution in [2.75, 3.05) is 0 Å². The highest BCUT2D eigenvalue weighted by atomic mass is 16.6. The molecule has 2 fully saturated rings. The van der Waals surface area contributed by atoms with E-state index in [-0.39, 0.29) is 18.2 Å². The van der Waals surface area contributed by atoms with Crippen LogP contribution in [0.1, 0.15) is 19.8 Å². The molecule has 3 atom stereocenters. The van der Waals surface area contributed by atoms with E-state index in [1.165, 1.54) is 6.92 Å². The zero-order valence-electron chi connectivity index (χ0n) is 5.87. The van der Waals surface area contributed by atoms with E-state index in [0.717, 1.165) is 12.8 Å². The Balaban J connectivity index is 1.88. The van der Waals surface area contributed by atoms with Gasteiger partial charge in [-0.05, 0) is 12.8 Å². The third kappa shape index (κ3) is 0.904. The predicted octanol–water partition coefficient (Wildman–Crippen LogP) is 0.479. The molecule has 0 unspecified atom stereocenters. The third-order valence-electron chi connectivity index (χ3n) is 2.04. The fraction of sp³-hybridized carbons (Fsp3) is 0.857. The Morgan fingerprint density at radius 1 is 1.60 bits per heavy atom. The van der Waals surface area contributed by atoms with E-state index in [1.807, 2.05) is 0 Å². The van der Waals surface area contributed by atoms with Gasteiger partial charge in [-0.3, -0.25) is 4.79 Å². The van der Waals surface area contributed by atoms with Crippen LogP contribution in [0.15, 0.2) is 0 Å². The number of hydrogen-bond acceptors (Lipinski definition) is 3. The van der Waals surface area contributed by atoms with Crippen LogP contribution in [0.4, 0.5) is 0 Å². The smallest absolute Gasteiger partial charge is 0.302 e. The van der Waals surface area contributed by atoms with E-state index in [4.69, 9.17) is 9.47 Å². The Morgan fingerprint density at radius 3 is 2.80 bits per heavy atom. The molecule has 0 aromatic rings. The van der Waals surface area contributed by atoms with Gasteiger partial charge in [-0.2, -0.15) is 0 Å². The molecule has 1 saturated heterocycles. The summed E-state index contributed by atoms with van der Waals surface area (Å²) in [7, 11) is 0. The lowest BCUT2D eigenvalue weighted by molar-refractivity contribution is -0.147. The average Bonchev–Trinajstić information content (AvgIpc) is 2.52. The zero-order valence-corrected chi connectivity index (χ0v) is 5.87. The highest BCUT2D eigenvalue weighted by molar-refractivity contribution is 5.66. The lowest BCUT2D eigenvalue weighted by atomic mass is 10.3. The molecule has 0 bridgehead atoms. The van der Waals surface area contributed by atoms with Crippen molar-refractivity contribution in [3.05, 3.63) is 0 Å². The molecule has 1 saturated carbocycles. The Kier molecular flexibility index (Phi) is 1.20.